The Morgan fingerprint density at radius 1 is 0.667 bits per heavy atom. The van der Waals surface area contributed by atoms with Gasteiger partial charge < -0.3 is 0 Å². The number of fused-ring (bicyclic) bond motifs is 2. The fourth-order valence-electron chi connectivity index (χ4n) is 1.79. The third kappa shape index (κ3) is 1.84. The largest absolute Gasteiger partial charge is 1.00 e. The van der Waals surface area contributed by atoms with Gasteiger partial charge in [0.25, 0.3) is 0 Å². The van der Waals surface area contributed by atoms with Gasteiger partial charge in [-0.2, -0.15) is 0 Å². The molecule has 0 unspecified atom stereocenters. The zero-order valence-corrected chi connectivity index (χ0v) is 10.2. The second kappa shape index (κ2) is 4.19. The van der Waals surface area contributed by atoms with Gasteiger partial charge in [-0.15, -0.1) is 35.0 Å². The monoisotopic (exact) mass is 374 g/mol. The summed E-state index contributed by atoms with van der Waals surface area (Å²) in [6, 6.07) is 22.3. The molecule has 0 aliphatic rings. The average Bonchev–Trinajstić information content (AvgIpc) is 2.26. The molecule has 1 heteroatoms. The molecule has 0 aliphatic carbocycles. The molecule has 0 fully saturated rings. The molecular weight excluding hydrogens is 365 g/mol. The van der Waals surface area contributed by atoms with Crippen molar-refractivity contribution in [3.8, 4) is 0 Å². The van der Waals surface area contributed by atoms with Crippen LogP contribution in [0, 0.1) is 6.07 Å². The average molecular weight is 374 g/mol. The summed E-state index contributed by atoms with van der Waals surface area (Å²) in [5, 5.41) is 4.88. The summed E-state index contributed by atoms with van der Waals surface area (Å²) in [6.45, 7) is 0. The summed E-state index contributed by atoms with van der Waals surface area (Å²) in [4.78, 5) is 0. The Kier molecular flexibility index (Phi) is 2.92. The molecule has 0 aromatic heterocycles. The van der Waals surface area contributed by atoms with E-state index in [-0.39, 0.29) is 22.4 Å². The summed E-state index contributed by atoms with van der Waals surface area (Å²) < 4.78 is 0. The predicted molar refractivity (Wildman–Crippen MR) is 60.3 cm³/mol. The Morgan fingerprint density at radius 3 is 1.67 bits per heavy atom. The van der Waals surface area contributed by atoms with Gasteiger partial charge in [0.15, 0.2) is 0 Å². The standard InChI is InChI=1S/C14H9.Au/c1-2-6-12-10-14-8-4-3-7-13(14)9-11(12)5-1;/h1-9H;/q-1;+1. The van der Waals surface area contributed by atoms with Crippen molar-refractivity contribution in [1.82, 2.24) is 0 Å². The third-order valence-corrected chi connectivity index (χ3v) is 2.50. The molecule has 0 nitrogen and oxygen atoms in total. The van der Waals surface area contributed by atoms with E-state index in [0.29, 0.717) is 0 Å². The summed E-state index contributed by atoms with van der Waals surface area (Å²) >= 11 is 0. The van der Waals surface area contributed by atoms with Crippen molar-refractivity contribution in [2.24, 2.45) is 0 Å². The zero-order valence-electron chi connectivity index (χ0n) is 8.00. The van der Waals surface area contributed by atoms with E-state index in [0.717, 1.165) is 0 Å². The van der Waals surface area contributed by atoms with Crippen LogP contribution in [0.2, 0.25) is 0 Å². The van der Waals surface area contributed by atoms with Gasteiger partial charge in [-0.25, -0.2) is 0 Å². The molecule has 0 aliphatic heterocycles. The van der Waals surface area contributed by atoms with Gasteiger partial charge in [0, 0.05) is 0 Å². The van der Waals surface area contributed by atoms with Crippen LogP contribution in [0.15, 0.2) is 54.6 Å². The molecule has 0 N–H and O–H groups in total. The quantitative estimate of drug-likeness (QED) is 0.319. The molecule has 0 saturated heterocycles. The zero-order chi connectivity index (χ0) is 9.38. The van der Waals surface area contributed by atoms with E-state index in [1.54, 1.807) is 0 Å². The van der Waals surface area contributed by atoms with Crippen LogP contribution < -0.4 is 0 Å². The van der Waals surface area contributed by atoms with Gasteiger partial charge >= 0.3 is 22.4 Å². The predicted octanol–water partition coefficient (Wildman–Crippen LogP) is 3.79. The summed E-state index contributed by atoms with van der Waals surface area (Å²) in [5.74, 6) is 0. The van der Waals surface area contributed by atoms with Crippen molar-refractivity contribution in [1.29, 1.82) is 0 Å². The summed E-state index contributed by atoms with van der Waals surface area (Å²) in [6.07, 6.45) is 0. The molecule has 0 amide bonds. The molecule has 3 aromatic rings. The SMILES string of the molecule is [Au+].[c-]1c2ccccc2cc2ccccc12. The van der Waals surface area contributed by atoms with Gasteiger partial charge in [-0.1, -0.05) is 47.2 Å². The topological polar surface area (TPSA) is 0 Å². The number of benzene rings is 3. The van der Waals surface area contributed by atoms with E-state index in [2.05, 4.69) is 48.5 Å². The third-order valence-electron chi connectivity index (χ3n) is 2.50. The number of rotatable bonds is 0. The van der Waals surface area contributed by atoms with Gasteiger partial charge in [0.05, 0.1) is 0 Å². The van der Waals surface area contributed by atoms with Gasteiger partial charge in [0.2, 0.25) is 0 Å². The van der Waals surface area contributed by atoms with Crippen molar-refractivity contribution in [3.05, 3.63) is 60.7 Å². The van der Waals surface area contributed by atoms with Crippen LogP contribution in [-0.2, 0) is 22.4 Å². The van der Waals surface area contributed by atoms with E-state index in [1.807, 2.05) is 12.1 Å². The second-order valence-corrected chi connectivity index (χ2v) is 3.44. The van der Waals surface area contributed by atoms with Gasteiger partial charge in [-0.05, 0) is 0 Å². The maximum absolute atomic E-state index is 3.41. The van der Waals surface area contributed by atoms with Crippen LogP contribution in [0.3, 0.4) is 0 Å². The smallest absolute Gasteiger partial charge is 0.118 e. The van der Waals surface area contributed by atoms with Crippen LogP contribution in [0.25, 0.3) is 21.5 Å². The molecule has 0 radical (unpaired) electrons. The van der Waals surface area contributed by atoms with Crippen molar-refractivity contribution in [2.75, 3.05) is 0 Å². The minimum Gasteiger partial charge on any atom is -0.118 e. The summed E-state index contributed by atoms with van der Waals surface area (Å²) in [7, 11) is 0. The molecule has 3 aromatic carbocycles. The van der Waals surface area contributed by atoms with E-state index in [9.17, 15) is 0 Å². The molecule has 0 heterocycles. The van der Waals surface area contributed by atoms with E-state index < -0.39 is 0 Å². The number of hydrogen-bond donors (Lipinski definition) is 0. The maximum Gasteiger partial charge on any atom is 1.00 e. The van der Waals surface area contributed by atoms with Crippen molar-refractivity contribution >= 4 is 21.5 Å². The van der Waals surface area contributed by atoms with Gasteiger partial charge in [0.1, 0.15) is 0 Å². The number of hydrogen-bond acceptors (Lipinski definition) is 0. The van der Waals surface area contributed by atoms with Crippen molar-refractivity contribution < 1.29 is 22.4 Å². The Labute approximate surface area is 104 Å². The fraction of sp³-hybridized carbons (Fsp3) is 0. The molecule has 3 rings (SSSR count). The first kappa shape index (κ1) is 10.4. The molecule has 15 heavy (non-hydrogen) atoms. The molecule has 0 spiro atoms. The van der Waals surface area contributed by atoms with Gasteiger partial charge in [-0.3, -0.25) is 0 Å². The minimum atomic E-state index is 0. The van der Waals surface area contributed by atoms with E-state index >= 15 is 0 Å². The van der Waals surface area contributed by atoms with Crippen molar-refractivity contribution in [3.63, 3.8) is 0 Å². The Balaban J connectivity index is 0.000000853. The molecule has 76 valence electrons. The van der Waals surface area contributed by atoms with Crippen LogP contribution in [0.5, 0.6) is 0 Å². The van der Waals surface area contributed by atoms with E-state index in [4.69, 9.17) is 0 Å². The Bertz CT molecular complexity index is 494. The molecule has 0 bridgehead atoms. The molecule has 0 saturated carbocycles. The molecule has 0 atom stereocenters. The first-order valence-electron chi connectivity index (χ1n) is 4.73. The first-order chi connectivity index (χ1) is 6.93. The van der Waals surface area contributed by atoms with Crippen LogP contribution in [0.4, 0.5) is 0 Å². The minimum absolute atomic E-state index is 0. The second-order valence-electron chi connectivity index (χ2n) is 3.44. The fourth-order valence-corrected chi connectivity index (χ4v) is 1.79. The van der Waals surface area contributed by atoms with E-state index in [1.165, 1.54) is 21.5 Å². The Morgan fingerprint density at radius 2 is 1.13 bits per heavy atom. The first-order valence-corrected chi connectivity index (χ1v) is 4.73. The van der Waals surface area contributed by atoms with Crippen molar-refractivity contribution in [2.45, 2.75) is 0 Å². The molecular formula is C14H9Au. The van der Waals surface area contributed by atoms with Crippen LogP contribution in [-0.4, -0.2) is 0 Å². The normalized spacial score (nSPS) is 10.1. The van der Waals surface area contributed by atoms with Crippen LogP contribution in [0.1, 0.15) is 0 Å². The summed E-state index contributed by atoms with van der Waals surface area (Å²) in [5.41, 5.74) is 0. The van der Waals surface area contributed by atoms with Crippen LogP contribution >= 0.6 is 0 Å². The maximum atomic E-state index is 3.41. The Hall–Kier alpha value is -1.08.